The fraction of sp³-hybridized carbons (Fsp3) is 0.737. The van der Waals surface area contributed by atoms with Crippen LogP contribution in [-0.4, -0.2) is 76.3 Å². The van der Waals surface area contributed by atoms with Crippen LogP contribution < -0.4 is 0 Å². The molecule has 1 atom stereocenters. The minimum Gasteiger partial charge on any atom is -0.347 e. The van der Waals surface area contributed by atoms with Gasteiger partial charge in [-0.2, -0.15) is 0 Å². The second-order valence-electron chi connectivity index (χ2n) is 7.82. The number of carbonyl (C=O) groups excluding carboxylic acids is 2. The fourth-order valence-electron chi connectivity index (χ4n) is 4.39. The lowest BCUT2D eigenvalue weighted by Crippen LogP contribution is -2.60. The van der Waals surface area contributed by atoms with E-state index >= 15 is 0 Å². The van der Waals surface area contributed by atoms with Crippen LogP contribution in [0.5, 0.6) is 0 Å². The van der Waals surface area contributed by atoms with Crippen LogP contribution >= 0.6 is 0 Å². The first kappa shape index (κ1) is 18.4. The monoisotopic (exact) mass is 376 g/mol. The van der Waals surface area contributed by atoms with Crippen LogP contribution in [0, 0.1) is 5.92 Å². The maximum atomic E-state index is 13.0. The van der Waals surface area contributed by atoms with Crippen molar-refractivity contribution in [3.8, 4) is 0 Å². The second-order valence-corrected chi connectivity index (χ2v) is 7.82. The van der Waals surface area contributed by atoms with Gasteiger partial charge in [-0.1, -0.05) is 12.8 Å². The van der Waals surface area contributed by atoms with Crippen LogP contribution in [0.4, 0.5) is 0 Å². The predicted octanol–water partition coefficient (Wildman–Crippen LogP) is 1.03. The smallest absolute Gasteiger partial charge is 0.272 e. The second kappa shape index (κ2) is 7.59. The van der Waals surface area contributed by atoms with Crippen molar-refractivity contribution in [2.24, 2.45) is 13.0 Å². The zero-order valence-electron chi connectivity index (χ0n) is 15.9. The van der Waals surface area contributed by atoms with E-state index in [1.807, 2.05) is 11.9 Å². The Bertz CT molecular complexity index is 700. The van der Waals surface area contributed by atoms with Crippen LogP contribution in [0.15, 0.2) is 12.5 Å². The molecule has 1 aromatic heterocycles. The number of hydrogen-bond donors (Lipinski definition) is 0. The summed E-state index contributed by atoms with van der Waals surface area (Å²) >= 11 is 0. The lowest BCUT2D eigenvalue weighted by atomic mass is 10.1. The Morgan fingerprint density at radius 2 is 1.81 bits per heavy atom. The Labute approximate surface area is 159 Å². The van der Waals surface area contributed by atoms with E-state index in [1.54, 1.807) is 22.0 Å². The average molecular weight is 376 g/mol. The maximum Gasteiger partial charge on any atom is 0.272 e. The quantitative estimate of drug-likeness (QED) is 0.770. The molecule has 1 spiro atoms. The Balaban J connectivity index is 1.49. The summed E-state index contributed by atoms with van der Waals surface area (Å²) in [5.41, 5.74) is 0.543. The molecule has 1 unspecified atom stereocenters. The summed E-state index contributed by atoms with van der Waals surface area (Å²) in [5.74, 6) is -0.662. The first-order valence-corrected chi connectivity index (χ1v) is 9.90. The van der Waals surface area contributed by atoms with E-state index < -0.39 is 5.79 Å². The average Bonchev–Trinajstić information content (AvgIpc) is 3.31. The molecule has 0 N–H and O–H groups in total. The molecule has 0 bridgehead atoms. The van der Waals surface area contributed by atoms with Crippen LogP contribution in [0.1, 0.15) is 42.6 Å². The van der Waals surface area contributed by atoms with Crippen molar-refractivity contribution >= 4 is 11.8 Å². The zero-order chi connectivity index (χ0) is 18.9. The molecular formula is C19H28N4O4. The van der Waals surface area contributed by atoms with Gasteiger partial charge in [0.25, 0.3) is 5.91 Å². The number of carbonyl (C=O) groups is 2. The lowest BCUT2D eigenvalue weighted by molar-refractivity contribution is -0.263. The zero-order valence-corrected chi connectivity index (χ0v) is 15.9. The number of aromatic nitrogens is 2. The summed E-state index contributed by atoms with van der Waals surface area (Å²) in [4.78, 5) is 33.5. The largest absolute Gasteiger partial charge is 0.347 e. The van der Waals surface area contributed by atoms with E-state index in [2.05, 4.69) is 4.98 Å². The van der Waals surface area contributed by atoms with Crippen molar-refractivity contribution in [3.63, 3.8) is 0 Å². The van der Waals surface area contributed by atoms with E-state index in [9.17, 15) is 9.59 Å². The number of nitrogens with zero attached hydrogens (tertiary/aromatic N) is 4. The lowest BCUT2D eigenvalue weighted by Gasteiger charge is -2.43. The molecular weight excluding hydrogens is 348 g/mol. The highest BCUT2D eigenvalue weighted by Gasteiger charge is 2.44. The fourth-order valence-corrected chi connectivity index (χ4v) is 4.39. The first-order valence-electron chi connectivity index (χ1n) is 9.90. The van der Waals surface area contributed by atoms with Crippen LogP contribution in [0.3, 0.4) is 0 Å². The van der Waals surface area contributed by atoms with Gasteiger partial charge in [-0.05, 0) is 19.3 Å². The molecule has 148 valence electrons. The molecule has 1 aliphatic carbocycles. The van der Waals surface area contributed by atoms with Crippen molar-refractivity contribution in [1.29, 1.82) is 0 Å². The standard InChI is InChI=1S/C19H28N4O4/c1-21-14-20-11-16(21)18(25)22-7-4-9-26-19(12-22)13-23(8-10-27-19)17(24)15-5-2-3-6-15/h11,14-15H,2-10,12-13H2,1H3. The van der Waals surface area contributed by atoms with Crippen LogP contribution in [0.2, 0.25) is 0 Å². The summed E-state index contributed by atoms with van der Waals surface area (Å²) in [5, 5.41) is 0. The summed E-state index contributed by atoms with van der Waals surface area (Å²) in [6.45, 7) is 2.86. The van der Waals surface area contributed by atoms with E-state index in [-0.39, 0.29) is 17.7 Å². The number of ether oxygens (including phenoxy) is 2. The molecule has 1 aromatic rings. The third-order valence-electron chi connectivity index (χ3n) is 5.87. The van der Waals surface area contributed by atoms with Gasteiger partial charge >= 0.3 is 0 Å². The number of aryl methyl sites for hydroxylation is 1. The Morgan fingerprint density at radius 1 is 1.07 bits per heavy atom. The minimum absolute atomic E-state index is 0.0808. The van der Waals surface area contributed by atoms with Crippen molar-refractivity contribution < 1.29 is 19.1 Å². The molecule has 1 saturated carbocycles. The normalized spacial score (nSPS) is 27.1. The molecule has 4 rings (SSSR count). The molecule has 2 aliphatic heterocycles. The van der Waals surface area contributed by atoms with Gasteiger partial charge in [0.05, 0.1) is 38.8 Å². The highest BCUT2D eigenvalue weighted by atomic mass is 16.7. The highest BCUT2D eigenvalue weighted by molar-refractivity contribution is 5.92. The molecule has 0 radical (unpaired) electrons. The van der Waals surface area contributed by atoms with E-state index in [0.29, 0.717) is 45.1 Å². The highest BCUT2D eigenvalue weighted by Crippen LogP contribution is 2.30. The summed E-state index contributed by atoms with van der Waals surface area (Å²) in [6.07, 6.45) is 8.18. The van der Waals surface area contributed by atoms with Crippen molar-refractivity contribution in [2.45, 2.75) is 37.9 Å². The number of morpholine rings is 1. The van der Waals surface area contributed by atoms with Crippen molar-refractivity contribution in [2.75, 3.05) is 39.4 Å². The van der Waals surface area contributed by atoms with E-state index in [1.165, 1.54) is 0 Å². The molecule has 3 aliphatic rings. The number of hydrogen-bond acceptors (Lipinski definition) is 5. The van der Waals surface area contributed by atoms with Gasteiger partial charge in [-0.3, -0.25) is 9.59 Å². The molecule has 2 amide bonds. The third kappa shape index (κ3) is 3.73. The van der Waals surface area contributed by atoms with Crippen molar-refractivity contribution in [1.82, 2.24) is 19.4 Å². The Kier molecular flexibility index (Phi) is 5.19. The molecule has 8 heteroatoms. The first-order chi connectivity index (χ1) is 13.1. The van der Waals surface area contributed by atoms with E-state index in [4.69, 9.17) is 9.47 Å². The number of rotatable bonds is 2. The van der Waals surface area contributed by atoms with Gasteiger partial charge in [0.1, 0.15) is 5.69 Å². The third-order valence-corrected chi connectivity index (χ3v) is 5.87. The molecule has 3 fully saturated rings. The van der Waals surface area contributed by atoms with Gasteiger partial charge in [0.2, 0.25) is 11.7 Å². The SMILES string of the molecule is Cn1cncc1C(=O)N1CCCOC2(C1)CN(C(=O)C1CCCC1)CCO2. The molecule has 0 aromatic carbocycles. The van der Waals surface area contributed by atoms with Crippen LogP contribution in [-0.2, 0) is 21.3 Å². The predicted molar refractivity (Wildman–Crippen MR) is 96.9 cm³/mol. The Morgan fingerprint density at radius 3 is 2.56 bits per heavy atom. The molecule has 2 saturated heterocycles. The van der Waals surface area contributed by atoms with Gasteiger partial charge < -0.3 is 23.8 Å². The van der Waals surface area contributed by atoms with Gasteiger partial charge in [-0.15, -0.1) is 0 Å². The van der Waals surface area contributed by atoms with Gasteiger partial charge in [0, 0.05) is 26.1 Å². The summed E-state index contributed by atoms with van der Waals surface area (Å²) in [7, 11) is 1.81. The number of imidazole rings is 1. The summed E-state index contributed by atoms with van der Waals surface area (Å²) < 4.78 is 13.8. The van der Waals surface area contributed by atoms with Gasteiger partial charge in [-0.25, -0.2) is 4.98 Å². The van der Waals surface area contributed by atoms with Crippen molar-refractivity contribution in [3.05, 3.63) is 18.2 Å². The summed E-state index contributed by atoms with van der Waals surface area (Å²) in [6, 6.07) is 0. The Hall–Kier alpha value is -1.93. The molecule has 27 heavy (non-hydrogen) atoms. The maximum absolute atomic E-state index is 13.0. The van der Waals surface area contributed by atoms with Gasteiger partial charge in [0.15, 0.2) is 0 Å². The molecule has 3 heterocycles. The number of amides is 2. The topological polar surface area (TPSA) is 76.9 Å². The minimum atomic E-state index is -0.933. The van der Waals surface area contributed by atoms with E-state index in [0.717, 1.165) is 32.1 Å². The van der Waals surface area contributed by atoms with Crippen LogP contribution in [0.25, 0.3) is 0 Å². The molecule has 8 nitrogen and oxygen atoms in total.